The highest BCUT2D eigenvalue weighted by atomic mass is 16.5. The number of aryl methyl sites for hydroxylation is 1. The van der Waals surface area contributed by atoms with Crippen molar-refractivity contribution >= 4 is 11.9 Å². The van der Waals surface area contributed by atoms with E-state index in [1.165, 1.54) is 24.3 Å². The molecule has 3 aromatic carbocycles. The second-order valence-corrected chi connectivity index (χ2v) is 11.2. The normalized spacial score (nSPS) is 16.6. The van der Waals surface area contributed by atoms with E-state index in [1.807, 2.05) is 25.1 Å². The van der Waals surface area contributed by atoms with Crippen molar-refractivity contribution in [3.05, 3.63) is 89.0 Å². The molecule has 2 atom stereocenters. The summed E-state index contributed by atoms with van der Waals surface area (Å²) in [6.45, 7) is 8.69. The van der Waals surface area contributed by atoms with E-state index < -0.39 is 5.97 Å². The van der Waals surface area contributed by atoms with Gasteiger partial charge in [-0.05, 0) is 77.1 Å². The number of aromatic carboxylic acids is 1. The van der Waals surface area contributed by atoms with Crippen molar-refractivity contribution in [3.63, 3.8) is 0 Å². The van der Waals surface area contributed by atoms with Crippen LogP contribution in [-0.2, 0) is 23.1 Å². The minimum atomic E-state index is -0.991. The van der Waals surface area contributed by atoms with Crippen LogP contribution in [0.3, 0.4) is 0 Å². The van der Waals surface area contributed by atoms with Crippen LogP contribution < -0.4 is 15.7 Å². The molecule has 2 unspecified atom stereocenters. The maximum atomic E-state index is 12.4. The molecule has 1 fully saturated rings. The van der Waals surface area contributed by atoms with Crippen molar-refractivity contribution in [2.75, 3.05) is 7.11 Å². The molecule has 7 nitrogen and oxygen atoms in total. The molecule has 0 aliphatic carbocycles. The van der Waals surface area contributed by atoms with Crippen LogP contribution in [0.4, 0.5) is 0 Å². The van der Waals surface area contributed by atoms with Crippen LogP contribution in [0.15, 0.2) is 66.7 Å². The van der Waals surface area contributed by atoms with Crippen molar-refractivity contribution in [3.8, 4) is 16.9 Å². The number of ether oxygens (including phenoxy) is 1. The van der Waals surface area contributed by atoms with Gasteiger partial charge in [-0.3, -0.25) is 10.2 Å². The number of hydrogen-bond donors (Lipinski definition) is 3. The topological polar surface area (TPSA) is 90.9 Å². The minimum Gasteiger partial charge on any atom is -0.497 e. The Balaban J connectivity index is 1.53. The van der Waals surface area contributed by atoms with E-state index in [-0.39, 0.29) is 29.0 Å². The van der Waals surface area contributed by atoms with Gasteiger partial charge in [0.2, 0.25) is 0 Å². The third kappa shape index (κ3) is 6.85. The van der Waals surface area contributed by atoms with E-state index in [0.717, 1.165) is 42.4 Å². The van der Waals surface area contributed by atoms with E-state index in [0.29, 0.717) is 5.75 Å². The summed E-state index contributed by atoms with van der Waals surface area (Å²) in [6, 6.07) is 21.9. The summed E-state index contributed by atoms with van der Waals surface area (Å²) >= 11 is 0. The van der Waals surface area contributed by atoms with Gasteiger partial charge in [0.05, 0.1) is 12.7 Å². The van der Waals surface area contributed by atoms with E-state index in [4.69, 9.17) is 4.74 Å². The van der Waals surface area contributed by atoms with Gasteiger partial charge in [-0.1, -0.05) is 76.2 Å². The molecule has 1 saturated heterocycles. The third-order valence-corrected chi connectivity index (χ3v) is 7.46. The maximum absolute atomic E-state index is 12.4. The maximum Gasteiger partial charge on any atom is 0.335 e. The molecule has 0 bridgehead atoms. The molecule has 1 amide bonds. The largest absolute Gasteiger partial charge is 0.497 e. The standard InChI is InChI=1S/C32H39N3O4/c1-6-29-30(36)33-34-35(29)27(16-11-21-9-14-26(15-10-21)32(2,3)4)17-22-7-12-23(13-8-22)24-18-25(31(37)38)20-28(19-24)39-5/h7-10,12-15,18-20,27,29,34H,6,11,16-17H2,1-5H3,(H,33,36)(H,37,38). The van der Waals surface area contributed by atoms with Crippen molar-refractivity contribution in [2.24, 2.45) is 0 Å². The SMILES string of the molecule is CCC1C(=O)NNN1C(CCc1ccc(C(C)(C)C)cc1)Cc1ccc(-c2cc(OC)cc(C(=O)O)c2)cc1. The van der Waals surface area contributed by atoms with Crippen LogP contribution in [0.1, 0.15) is 67.6 Å². The van der Waals surface area contributed by atoms with Crippen LogP contribution in [-0.4, -0.2) is 41.2 Å². The number of rotatable bonds is 10. The highest BCUT2D eigenvalue weighted by Crippen LogP contribution is 2.28. The summed E-state index contributed by atoms with van der Waals surface area (Å²) in [4.78, 5) is 24.0. The fourth-order valence-corrected chi connectivity index (χ4v) is 5.09. The average Bonchev–Trinajstić information content (AvgIpc) is 3.30. The Labute approximate surface area is 231 Å². The second-order valence-electron chi connectivity index (χ2n) is 11.2. The number of carbonyl (C=O) groups excluding carboxylic acids is 1. The predicted octanol–water partition coefficient (Wildman–Crippen LogP) is 5.53. The molecule has 206 valence electrons. The van der Waals surface area contributed by atoms with Gasteiger partial charge in [0, 0.05) is 6.04 Å². The number of benzene rings is 3. The quantitative estimate of drug-likeness (QED) is 0.320. The molecule has 1 aliphatic heterocycles. The highest BCUT2D eigenvalue weighted by molar-refractivity contribution is 5.90. The van der Waals surface area contributed by atoms with E-state index >= 15 is 0 Å². The zero-order valence-electron chi connectivity index (χ0n) is 23.5. The average molecular weight is 530 g/mol. The van der Waals surface area contributed by atoms with Crippen LogP contribution in [0.25, 0.3) is 11.1 Å². The lowest BCUT2D eigenvalue weighted by atomic mass is 9.86. The molecule has 3 N–H and O–H groups in total. The number of nitrogens with one attached hydrogen (secondary N) is 2. The molecule has 7 heteroatoms. The molecule has 39 heavy (non-hydrogen) atoms. The molecule has 1 heterocycles. The van der Waals surface area contributed by atoms with Crippen molar-refractivity contribution < 1.29 is 19.4 Å². The van der Waals surface area contributed by atoms with Gasteiger partial charge >= 0.3 is 5.97 Å². The number of carboxylic acids is 1. The second kappa shape index (κ2) is 12.0. The summed E-state index contributed by atoms with van der Waals surface area (Å²) in [7, 11) is 1.53. The first-order chi connectivity index (χ1) is 18.6. The zero-order valence-corrected chi connectivity index (χ0v) is 23.5. The van der Waals surface area contributed by atoms with Crippen molar-refractivity contribution in [1.29, 1.82) is 0 Å². The van der Waals surface area contributed by atoms with Gasteiger partial charge in [-0.15, -0.1) is 0 Å². The van der Waals surface area contributed by atoms with Crippen LogP contribution in [0.2, 0.25) is 0 Å². The summed E-state index contributed by atoms with van der Waals surface area (Å²) in [5.74, 6) is -0.485. The number of carbonyl (C=O) groups is 2. The molecular weight excluding hydrogens is 490 g/mol. The molecule has 0 radical (unpaired) electrons. The number of methoxy groups -OCH3 is 1. The monoisotopic (exact) mass is 529 g/mol. The molecular formula is C32H39N3O4. The fourth-order valence-electron chi connectivity index (χ4n) is 5.09. The lowest BCUT2D eigenvalue weighted by Crippen LogP contribution is -2.48. The smallest absolute Gasteiger partial charge is 0.335 e. The number of carboxylic acid groups (broad SMARTS) is 1. The number of amides is 1. The number of nitrogens with zero attached hydrogens (tertiary/aromatic N) is 1. The van der Waals surface area contributed by atoms with Crippen molar-refractivity contribution in [1.82, 2.24) is 16.0 Å². The van der Waals surface area contributed by atoms with E-state index in [1.54, 1.807) is 6.07 Å². The Morgan fingerprint density at radius 1 is 1.00 bits per heavy atom. The first kappa shape index (κ1) is 28.3. The van der Waals surface area contributed by atoms with Crippen LogP contribution in [0.5, 0.6) is 5.75 Å². The van der Waals surface area contributed by atoms with Gasteiger partial charge in [0.15, 0.2) is 0 Å². The molecule has 0 spiro atoms. The van der Waals surface area contributed by atoms with E-state index in [9.17, 15) is 14.7 Å². The molecule has 4 rings (SSSR count). The predicted molar refractivity (Wildman–Crippen MR) is 154 cm³/mol. The molecule has 0 saturated carbocycles. The first-order valence-corrected chi connectivity index (χ1v) is 13.5. The molecule has 1 aliphatic rings. The summed E-state index contributed by atoms with van der Waals surface area (Å²) in [5, 5.41) is 11.5. The Bertz CT molecular complexity index is 1300. The lowest BCUT2D eigenvalue weighted by molar-refractivity contribution is -0.121. The lowest BCUT2D eigenvalue weighted by Gasteiger charge is -2.30. The molecule has 3 aromatic rings. The van der Waals surface area contributed by atoms with E-state index in [2.05, 4.69) is 73.1 Å². The number of hydrogen-bond acceptors (Lipinski definition) is 5. The van der Waals surface area contributed by atoms with Gasteiger partial charge in [0.25, 0.3) is 5.91 Å². The number of hydrazine groups is 2. The fraction of sp³-hybridized carbons (Fsp3) is 0.375. The Hall–Kier alpha value is -3.68. The zero-order chi connectivity index (χ0) is 28.2. The third-order valence-electron chi connectivity index (χ3n) is 7.46. The minimum absolute atomic E-state index is 0.000336. The molecule has 0 aromatic heterocycles. The first-order valence-electron chi connectivity index (χ1n) is 13.5. The van der Waals surface area contributed by atoms with Gasteiger partial charge in [0.1, 0.15) is 11.8 Å². The Morgan fingerprint density at radius 2 is 1.67 bits per heavy atom. The van der Waals surface area contributed by atoms with Crippen molar-refractivity contribution in [2.45, 2.75) is 70.9 Å². The highest BCUT2D eigenvalue weighted by Gasteiger charge is 2.35. The van der Waals surface area contributed by atoms with Crippen LogP contribution in [0, 0.1) is 0 Å². The van der Waals surface area contributed by atoms with Gasteiger partial charge in [-0.2, -0.15) is 5.53 Å². The summed E-state index contributed by atoms with van der Waals surface area (Å²) < 4.78 is 5.31. The van der Waals surface area contributed by atoms with Gasteiger partial charge < -0.3 is 9.84 Å². The summed E-state index contributed by atoms with van der Waals surface area (Å²) in [5.41, 5.74) is 11.7. The van der Waals surface area contributed by atoms with Crippen LogP contribution >= 0.6 is 0 Å². The Kier molecular flexibility index (Phi) is 8.73. The Morgan fingerprint density at radius 3 is 2.26 bits per heavy atom. The summed E-state index contributed by atoms with van der Waals surface area (Å²) in [6.07, 6.45) is 3.26. The van der Waals surface area contributed by atoms with Gasteiger partial charge in [-0.25, -0.2) is 9.80 Å².